The zero-order valence-electron chi connectivity index (χ0n) is 14.8. The van der Waals surface area contributed by atoms with E-state index in [9.17, 15) is 0 Å². The van der Waals surface area contributed by atoms with Crippen molar-refractivity contribution >= 4 is 0 Å². The Hall–Kier alpha value is -0.0400. The quantitative estimate of drug-likeness (QED) is 0.490. The number of hydrogen-bond acceptors (Lipinski definition) is 1. The first-order chi connectivity index (χ1) is 9.54. The third-order valence-corrected chi connectivity index (χ3v) is 5.33. The van der Waals surface area contributed by atoms with Crippen LogP contribution < -0.4 is 0 Å². The molecule has 0 amide bonds. The largest absolute Gasteiger partial charge is 0.303 e. The molecule has 0 spiro atoms. The molecule has 1 rings (SSSR count). The maximum atomic E-state index is 2.62. The molecule has 0 aromatic carbocycles. The summed E-state index contributed by atoms with van der Waals surface area (Å²) in [6.45, 7) is 10.6. The molecule has 1 aliphatic rings. The second-order valence-electron chi connectivity index (χ2n) is 7.47. The summed E-state index contributed by atoms with van der Waals surface area (Å²) in [5, 5.41) is 0. The number of unbranched alkanes of at least 4 members (excludes halogenated alkanes) is 3. The molecule has 0 bridgehead atoms. The van der Waals surface area contributed by atoms with Gasteiger partial charge in [-0.25, -0.2) is 0 Å². The maximum Gasteiger partial charge on any atom is 0.00921 e. The van der Waals surface area contributed by atoms with Gasteiger partial charge in [-0.15, -0.1) is 0 Å². The molecule has 119 valence electrons. The standard InChI is InChI=1S/C19H38N/c1-6-7-8-9-14-20(5)17(4)19-12-10-18(11-13-19)15-16(2)3/h17-19H,6-15H2,1-5H3. The summed E-state index contributed by atoms with van der Waals surface area (Å²) in [4.78, 5) is 2.62. The summed E-state index contributed by atoms with van der Waals surface area (Å²) >= 11 is 0. The van der Waals surface area contributed by atoms with Crippen molar-refractivity contribution in [3.63, 3.8) is 0 Å². The fourth-order valence-corrected chi connectivity index (χ4v) is 3.80. The lowest BCUT2D eigenvalue weighted by atomic mass is 9.76. The smallest absolute Gasteiger partial charge is 0.00921 e. The van der Waals surface area contributed by atoms with Gasteiger partial charge in [0.1, 0.15) is 0 Å². The van der Waals surface area contributed by atoms with Crippen molar-refractivity contribution in [1.29, 1.82) is 0 Å². The normalized spacial score (nSPS) is 25.4. The van der Waals surface area contributed by atoms with Crippen molar-refractivity contribution < 1.29 is 0 Å². The highest BCUT2D eigenvalue weighted by atomic mass is 15.1. The molecule has 1 nitrogen and oxygen atoms in total. The van der Waals surface area contributed by atoms with Crippen LogP contribution >= 0.6 is 0 Å². The van der Waals surface area contributed by atoms with E-state index in [-0.39, 0.29) is 0 Å². The molecule has 0 heterocycles. The lowest BCUT2D eigenvalue weighted by Crippen LogP contribution is -2.38. The van der Waals surface area contributed by atoms with Gasteiger partial charge in [-0.2, -0.15) is 0 Å². The van der Waals surface area contributed by atoms with Gasteiger partial charge in [-0.3, -0.25) is 0 Å². The van der Waals surface area contributed by atoms with Gasteiger partial charge in [-0.05, 0) is 64.0 Å². The predicted octanol–water partition coefficient (Wildman–Crippen LogP) is 5.70. The molecule has 1 aliphatic carbocycles. The van der Waals surface area contributed by atoms with Gasteiger partial charge in [0.05, 0.1) is 0 Å². The monoisotopic (exact) mass is 280 g/mol. The molecule has 1 atom stereocenters. The molecule has 1 radical (unpaired) electrons. The molecule has 0 saturated heterocycles. The van der Waals surface area contributed by atoms with Crippen LogP contribution in [-0.4, -0.2) is 24.5 Å². The minimum atomic E-state index is 0.782. The van der Waals surface area contributed by atoms with Crippen molar-refractivity contribution in [1.82, 2.24) is 4.90 Å². The van der Waals surface area contributed by atoms with Crippen molar-refractivity contribution in [2.24, 2.45) is 11.8 Å². The Balaban J connectivity index is 2.22. The number of rotatable bonds is 9. The Morgan fingerprint density at radius 3 is 2.25 bits per heavy atom. The van der Waals surface area contributed by atoms with Crippen molar-refractivity contribution in [2.75, 3.05) is 13.6 Å². The zero-order valence-corrected chi connectivity index (χ0v) is 14.8. The van der Waals surface area contributed by atoms with Crippen LogP contribution in [0.15, 0.2) is 0 Å². The first kappa shape index (κ1) is 18.0. The van der Waals surface area contributed by atoms with E-state index in [0.29, 0.717) is 0 Å². The molecule has 1 unspecified atom stereocenters. The summed E-state index contributed by atoms with van der Waals surface area (Å²) in [5.41, 5.74) is 0. The number of nitrogens with zero attached hydrogens (tertiary/aromatic N) is 1. The van der Waals surface area contributed by atoms with Crippen LogP contribution in [-0.2, 0) is 0 Å². The van der Waals surface area contributed by atoms with Crippen LogP contribution in [0, 0.1) is 17.8 Å². The Bertz CT molecular complexity index is 228. The van der Waals surface area contributed by atoms with Crippen molar-refractivity contribution in [3.05, 3.63) is 5.92 Å². The topological polar surface area (TPSA) is 3.24 Å². The van der Waals surface area contributed by atoms with E-state index >= 15 is 0 Å². The van der Waals surface area contributed by atoms with Crippen LogP contribution in [0.3, 0.4) is 0 Å². The minimum absolute atomic E-state index is 0.782. The van der Waals surface area contributed by atoms with Gasteiger partial charge >= 0.3 is 0 Å². The molecule has 20 heavy (non-hydrogen) atoms. The molecule has 1 heteroatoms. The third kappa shape index (κ3) is 6.61. The fourth-order valence-electron chi connectivity index (χ4n) is 3.80. The van der Waals surface area contributed by atoms with Crippen molar-refractivity contribution in [2.45, 2.75) is 91.5 Å². The fraction of sp³-hybridized carbons (Fsp3) is 0.947. The van der Waals surface area contributed by atoms with Gasteiger partial charge in [-0.1, -0.05) is 52.9 Å². The lowest BCUT2D eigenvalue weighted by Gasteiger charge is -2.37. The second-order valence-corrected chi connectivity index (χ2v) is 7.47. The highest BCUT2D eigenvalue weighted by Crippen LogP contribution is 2.35. The van der Waals surface area contributed by atoms with Crippen LogP contribution in [0.2, 0.25) is 0 Å². The first-order valence-corrected chi connectivity index (χ1v) is 9.03. The highest BCUT2D eigenvalue weighted by Gasteiger charge is 2.27. The van der Waals surface area contributed by atoms with E-state index < -0.39 is 0 Å². The maximum absolute atomic E-state index is 2.62. The average molecular weight is 281 g/mol. The molecule has 0 aliphatic heterocycles. The molecular formula is C19H38N. The molecule has 1 saturated carbocycles. The van der Waals surface area contributed by atoms with Crippen LogP contribution in [0.4, 0.5) is 0 Å². The summed E-state index contributed by atoms with van der Waals surface area (Å²) in [6.07, 6.45) is 12.7. The van der Waals surface area contributed by atoms with Gasteiger partial charge in [0.15, 0.2) is 0 Å². The molecule has 0 aromatic heterocycles. The van der Waals surface area contributed by atoms with Gasteiger partial charge in [0.25, 0.3) is 0 Å². The zero-order chi connectivity index (χ0) is 15.0. The van der Waals surface area contributed by atoms with Crippen molar-refractivity contribution in [3.8, 4) is 0 Å². The van der Waals surface area contributed by atoms with E-state index in [1.165, 1.54) is 64.3 Å². The van der Waals surface area contributed by atoms with E-state index in [1.54, 1.807) is 5.92 Å². The van der Waals surface area contributed by atoms with Gasteiger partial charge in [0, 0.05) is 6.04 Å². The Morgan fingerprint density at radius 1 is 1.05 bits per heavy atom. The van der Waals surface area contributed by atoms with Crippen LogP contribution in [0.5, 0.6) is 0 Å². The Kier molecular flexibility index (Phi) is 8.84. The average Bonchev–Trinajstić information content (AvgIpc) is 2.43. The molecule has 0 aromatic rings. The Morgan fingerprint density at radius 2 is 1.70 bits per heavy atom. The SMILES string of the molecule is CCCCCCN(C)C(C)C1CCC(C[C](C)C)CC1. The molecular weight excluding hydrogens is 242 g/mol. The van der Waals surface area contributed by atoms with Gasteiger partial charge < -0.3 is 4.90 Å². The minimum Gasteiger partial charge on any atom is -0.303 e. The third-order valence-electron chi connectivity index (χ3n) is 5.33. The Labute approximate surface area is 128 Å². The van der Waals surface area contributed by atoms with Gasteiger partial charge in [0.2, 0.25) is 0 Å². The van der Waals surface area contributed by atoms with E-state index in [0.717, 1.165) is 17.9 Å². The summed E-state index contributed by atoms with van der Waals surface area (Å²) < 4.78 is 0. The van der Waals surface area contributed by atoms with Crippen LogP contribution in [0.1, 0.15) is 85.5 Å². The van der Waals surface area contributed by atoms with E-state index in [2.05, 4.69) is 39.6 Å². The summed E-state index contributed by atoms with van der Waals surface area (Å²) in [5.74, 6) is 3.55. The predicted molar refractivity (Wildman–Crippen MR) is 90.9 cm³/mol. The molecule has 0 N–H and O–H groups in total. The lowest BCUT2D eigenvalue weighted by molar-refractivity contribution is 0.136. The summed E-state index contributed by atoms with van der Waals surface area (Å²) in [7, 11) is 2.34. The van der Waals surface area contributed by atoms with Crippen LogP contribution in [0.25, 0.3) is 0 Å². The van der Waals surface area contributed by atoms with E-state index in [4.69, 9.17) is 0 Å². The molecule has 1 fully saturated rings. The first-order valence-electron chi connectivity index (χ1n) is 9.03. The highest BCUT2D eigenvalue weighted by molar-refractivity contribution is 4.86. The second kappa shape index (κ2) is 9.82. The van der Waals surface area contributed by atoms with E-state index in [1.807, 2.05) is 0 Å². The number of hydrogen-bond donors (Lipinski definition) is 0. The summed E-state index contributed by atoms with van der Waals surface area (Å²) in [6, 6.07) is 0.782.